The van der Waals surface area contributed by atoms with E-state index < -0.39 is 6.23 Å². The van der Waals surface area contributed by atoms with Crippen molar-refractivity contribution in [2.75, 3.05) is 26.9 Å². The third-order valence-electron chi connectivity index (χ3n) is 1.49. The van der Waals surface area contributed by atoms with E-state index in [1.807, 2.05) is 0 Å². The fourth-order valence-corrected chi connectivity index (χ4v) is 0.679. The number of carbonyl (C=O) groups excluding carboxylic acids is 1. The van der Waals surface area contributed by atoms with Crippen LogP contribution in [-0.2, 0) is 9.53 Å². The summed E-state index contributed by atoms with van der Waals surface area (Å²) in [5.74, 6) is -0.188. The number of nitrogens with zero attached hydrogens (tertiary/aromatic N) is 1. The van der Waals surface area contributed by atoms with Crippen LogP contribution in [0.15, 0.2) is 0 Å². The van der Waals surface area contributed by atoms with Crippen molar-refractivity contribution in [1.82, 2.24) is 4.90 Å². The molecule has 0 aliphatic carbocycles. The highest BCUT2D eigenvalue weighted by Gasteiger charge is 2.15. The summed E-state index contributed by atoms with van der Waals surface area (Å²) in [6, 6.07) is 0. The van der Waals surface area contributed by atoms with E-state index >= 15 is 0 Å². The Morgan fingerprint density at radius 3 is 2.50 bits per heavy atom. The van der Waals surface area contributed by atoms with Crippen molar-refractivity contribution in [3.8, 4) is 0 Å². The maximum atomic E-state index is 10.8. The van der Waals surface area contributed by atoms with Crippen molar-refractivity contribution < 1.29 is 19.7 Å². The molecule has 0 spiro atoms. The van der Waals surface area contributed by atoms with Gasteiger partial charge in [0.15, 0.2) is 6.23 Å². The minimum Gasteiger partial charge on any atom is -0.394 e. The molecule has 0 radical (unpaired) electrons. The van der Waals surface area contributed by atoms with Crippen LogP contribution < -0.4 is 0 Å². The van der Waals surface area contributed by atoms with Crippen molar-refractivity contribution in [2.24, 2.45) is 0 Å². The molecule has 5 nitrogen and oxygen atoms in total. The monoisotopic (exact) mass is 177 g/mol. The SMILES string of the molecule is CC(=O)N(C)C(CO)OCCO. The smallest absolute Gasteiger partial charge is 0.221 e. The lowest BCUT2D eigenvalue weighted by atomic mass is 10.5. The molecule has 12 heavy (non-hydrogen) atoms. The van der Waals surface area contributed by atoms with Crippen LogP contribution in [0.5, 0.6) is 0 Å². The second-order valence-corrected chi connectivity index (χ2v) is 2.36. The van der Waals surface area contributed by atoms with Crippen LogP contribution in [0.1, 0.15) is 6.92 Å². The third kappa shape index (κ3) is 3.66. The zero-order valence-electron chi connectivity index (χ0n) is 7.36. The normalized spacial score (nSPS) is 12.7. The summed E-state index contributed by atoms with van der Waals surface area (Å²) in [4.78, 5) is 12.1. The number of aliphatic hydroxyl groups is 2. The van der Waals surface area contributed by atoms with Gasteiger partial charge in [-0.1, -0.05) is 0 Å². The van der Waals surface area contributed by atoms with Gasteiger partial charge < -0.3 is 19.8 Å². The third-order valence-corrected chi connectivity index (χ3v) is 1.49. The standard InChI is InChI=1S/C7H15NO4/c1-6(11)8(2)7(5-10)12-4-3-9/h7,9-10H,3-5H2,1-2H3. The lowest BCUT2D eigenvalue weighted by molar-refractivity contribution is -0.146. The van der Waals surface area contributed by atoms with E-state index in [4.69, 9.17) is 14.9 Å². The minimum absolute atomic E-state index is 0.114. The number of ether oxygens (including phenoxy) is 1. The van der Waals surface area contributed by atoms with E-state index in [1.54, 1.807) is 0 Å². The first kappa shape index (κ1) is 11.4. The van der Waals surface area contributed by atoms with E-state index in [-0.39, 0.29) is 25.7 Å². The van der Waals surface area contributed by atoms with Crippen LogP contribution in [0.4, 0.5) is 0 Å². The van der Waals surface area contributed by atoms with Gasteiger partial charge in [0, 0.05) is 14.0 Å². The van der Waals surface area contributed by atoms with Gasteiger partial charge in [-0.05, 0) is 0 Å². The quantitative estimate of drug-likeness (QED) is 0.517. The predicted octanol–water partition coefficient (Wildman–Crippen LogP) is -1.21. The molecule has 1 amide bonds. The minimum atomic E-state index is -0.658. The maximum Gasteiger partial charge on any atom is 0.221 e. The molecule has 0 aromatic carbocycles. The molecule has 0 aliphatic heterocycles. The summed E-state index contributed by atoms with van der Waals surface area (Å²) in [6.45, 7) is 1.10. The molecule has 2 N–H and O–H groups in total. The summed E-state index contributed by atoms with van der Waals surface area (Å²) < 4.78 is 4.97. The Balaban J connectivity index is 3.87. The zero-order valence-corrected chi connectivity index (χ0v) is 7.36. The predicted molar refractivity (Wildman–Crippen MR) is 42.4 cm³/mol. The van der Waals surface area contributed by atoms with Gasteiger partial charge in [-0.25, -0.2) is 0 Å². The Kier molecular flexibility index (Phi) is 5.61. The Morgan fingerprint density at radius 2 is 2.17 bits per heavy atom. The van der Waals surface area contributed by atoms with E-state index in [0.29, 0.717) is 0 Å². The molecule has 0 aromatic heterocycles. The van der Waals surface area contributed by atoms with Gasteiger partial charge in [0.25, 0.3) is 0 Å². The second-order valence-electron chi connectivity index (χ2n) is 2.36. The van der Waals surface area contributed by atoms with Gasteiger partial charge in [0.2, 0.25) is 5.91 Å². The molecule has 0 aliphatic rings. The molecular weight excluding hydrogens is 162 g/mol. The van der Waals surface area contributed by atoms with E-state index in [9.17, 15) is 4.79 Å². The molecule has 0 aromatic rings. The number of amides is 1. The van der Waals surface area contributed by atoms with Crippen molar-refractivity contribution in [2.45, 2.75) is 13.2 Å². The molecule has 1 atom stereocenters. The van der Waals surface area contributed by atoms with Crippen molar-refractivity contribution in [3.63, 3.8) is 0 Å². The molecule has 5 heteroatoms. The molecule has 0 fully saturated rings. The van der Waals surface area contributed by atoms with Crippen LogP contribution in [0.25, 0.3) is 0 Å². The van der Waals surface area contributed by atoms with Gasteiger partial charge in [-0.2, -0.15) is 0 Å². The number of carbonyl (C=O) groups is 1. The number of rotatable bonds is 5. The summed E-state index contributed by atoms with van der Waals surface area (Å²) >= 11 is 0. The molecule has 0 bridgehead atoms. The number of hydrogen-bond acceptors (Lipinski definition) is 4. The van der Waals surface area contributed by atoms with Gasteiger partial charge in [-0.15, -0.1) is 0 Å². The average molecular weight is 177 g/mol. The fraction of sp³-hybridized carbons (Fsp3) is 0.857. The summed E-state index contributed by atoms with van der Waals surface area (Å²) in [5.41, 5.74) is 0. The van der Waals surface area contributed by atoms with Crippen LogP contribution >= 0.6 is 0 Å². The van der Waals surface area contributed by atoms with E-state index in [0.717, 1.165) is 0 Å². The Labute approximate surface area is 71.6 Å². The zero-order chi connectivity index (χ0) is 9.56. The Hall–Kier alpha value is -0.650. The van der Waals surface area contributed by atoms with Gasteiger partial charge in [0.05, 0.1) is 19.8 Å². The Morgan fingerprint density at radius 1 is 1.58 bits per heavy atom. The Bertz CT molecular complexity index is 139. The summed E-state index contributed by atoms with van der Waals surface area (Å²) in [5, 5.41) is 17.2. The van der Waals surface area contributed by atoms with Gasteiger partial charge in [0.1, 0.15) is 0 Å². The first-order valence-corrected chi connectivity index (χ1v) is 3.70. The number of likely N-dealkylation sites (N-methyl/N-ethyl adjacent to an activating group) is 1. The highest BCUT2D eigenvalue weighted by atomic mass is 16.5. The fourth-order valence-electron chi connectivity index (χ4n) is 0.679. The highest BCUT2D eigenvalue weighted by Crippen LogP contribution is 1.97. The maximum absolute atomic E-state index is 10.8. The van der Waals surface area contributed by atoms with Crippen LogP contribution in [0, 0.1) is 0 Å². The largest absolute Gasteiger partial charge is 0.394 e. The second kappa shape index (κ2) is 5.93. The van der Waals surface area contributed by atoms with Crippen LogP contribution in [0.2, 0.25) is 0 Å². The van der Waals surface area contributed by atoms with Crippen LogP contribution in [-0.4, -0.2) is 54.1 Å². The highest BCUT2D eigenvalue weighted by molar-refractivity contribution is 5.73. The van der Waals surface area contributed by atoms with Crippen molar-refractivity contribution in [3.05, 3.63) is 0 Å². The molecule has 72 valence electrons. The topological polar surface area (TPSA) is 70.0 Å². The number of hydrogen-bond donors (Lipinski definition) is 2. The average Bonchev–Trinajstić information content (AvgIpc) is 2.05. The van der Waals surface area contributed by atoms with Gasteiger partial charge >= 0.3 is 0 Å². The molecule has 0 saturated carbocycles. The molecule has 0 saturated heterocycles. The van der Waals surface area contributed by atoms with Crippen LogP contribution in [0.3, 0.4) is 0 Å². The molecule has 0 rings (SSSR count). The van der Waals surface area contributed by atoms with Gasteiger partial charge in [-0.3, -0.25) is 4.79 Å². The summed E-state index contributed by atoms with van der Waals surface area (Å²) in [6.07, 6.45) is -0.658. The molecule has 0 heterocycles. The lowest BCUT2D eigenvalue weighted by Gasteiger charge is -2.24. The van der Waals surface area contributed by atoms with E-state index in [1.165, 1.54) is 18.9 Å². The van der Waals surface area contributed by atoms with Crippen molar-refractivity contribution >= 4 is 5.91 Å². The first-order chi connectivity index (χ1) is 5.63. The number of aliphatic hydroxyl groups excluding tert-OH is 2. The first-order valence-electron chi connectivity index (χ1n) is 3.70. The summed E-state index contributed by atoms with van der Waals surface area (Å²) in [7, 11) is 1.53. The van der Waals surface area contributed by atoms with E-state index in [2.05, 4.69) is 0 Å². The molecule has 1 unspecified atom stereocenters. The lowest BCUT2D eigenvalue weighted by Crippen LogP contribution is -2.40. The van der Waals surface area contributed by atoms with Crippen molar-refractivity contribution in [1.29, 1.82) is 0 Å². The molecular formula is C7H15NO4.